The third kappa shape index (κ3) is 2.54. The smallest absolute Gasteiger partial charge is 0.356 e. The van der Waals surface area contributed by atoms with E-state index in [1.165, 1.54) is 0 Å². The second-order valence-electron chi connectivity index (χ2n) is 2.62. The lowest BCUT2D eigenvalue weighted by molar-refractivity contribution is 0.0519. The van der Waals surface area contributed by atoms with Gasteiger partial charge >= 0.3 is 5.97 Å². The number of pyridine rings is 1. The van der Waals surface area contributed by atoms with E-state index in [9.17, 15) is 4.79 Å². The summed E-state index contributed by atoms with van der Waals surface area (Å²) in [6.07, 6.45) is 2.53. The van der Waals surface area contributed by atoms with Gasteiger partial charge in [0.25, 0.3) is 0 Å². The fourth-order valence-corrected chi connectivity index (χ4v) is 1.01. The number of carbonyl (C=O) groups is 1. The summed E-state index contributed by atoms with van der Waals surface area (Å²) in [5.74, 6) is -0.349. The normalized spacial score (nSPS) is 9.69. The Balaban J connectivity index is 2.82. The highest BCUT2D eigenvalue weighted by Crippen LogP contribution is 2.03. The summed E-state index contributed by atoms with van der Waals surface area (Å²) < 4.78 is 4.83. The van der Waals surface area contributed by atoms with Crippen molar-refractivity contribution in [3.63, 3.8) is 0 Å². The minimum atomic E-state index is -0.349. The van der Waals surface area contributed by atoms with Crippen LogP contribution < -0.4 is 0 Å². The third-order valence-corrected chi connectivity index (χ3v) is 1.72. The van der Waals surface area contributed by atoms with Crippen LogP contribution in [0.1, 0.15) is 29.9 Å². The molecule has 0 aliphatic heterocycles. The number of hydrogen-bond donors (Lipinski definition) is 0. The SMILES string of the molecule is CCOC(=O)c1cc(CC)ccn1. The van der Waals surface area contributed by atoms with Crippen molar-refractivity contribution in [2.75, 3.05) is 6.61 Å². The van der Waals surface area contributed by atoms with Crippen molar-refractivity contribution in [1.82, 2.24) is 4.98 Å². The molecular weight excluding hydrogens is 166 g/mol. The Bertz CT molecular complexity index is 297. The van der Waals surface area contributed by atoms with Crippen LogP contribution in [0.15, 0.2) is 18.3 Å². The van der Waals surface area contributed by atoms with Crippen LogP contribution in [-0.4, -0.2) is 17.6 Å². The van der Waals surface area contributed by atoms with E-state index < -0.39 is 0 Å². The molecule has 70 valence electrons. The van der Waals surface area contributed by atoms with Crippen LogP contribution in [0.3, 0.4) is 0 Å². The predicted octanol–water partition coefficient (Wildman–Crippen LogP) is 1.82. The second kappa shape index (κ2) is 4.60. The zero-order valence-corrected chi connectivity index (χ0v) is 7.91. The standard InChI is InChI=1S/C10H13NO2/c1-3-8-5-6-11-9(7-8)10(12)13-4-2/h5-7H,3-4H2,1-2H3. The van der Waals surface area contributed by atoms with E-state index in [1.807, 2.05) is 13.0 Å². The number of nitrogens with zero attached hydrogens (tertiary/aromatic N) is 1. The fraction of sp³-hybridized carbons (Fsp3) is 0.400. The minimum absolute atomic E-state index is 0.349. The minimum Gasteiger partial charge on any atom is -0.461 e. The van der Waals surface area contributed by atoms with Gasteiger partial charge < -0.3 is 4.74 Å². The highest BCUT2D eigenvalue weighted by molar-refractivity contribution is 5.87. The molecule has 3 heteroatoms. The van der Waals surface area contributed by atoms with Crippen LogP contribution in [0.4, 0.5) is 0 Å². The van der Waals surface area contributed by atoms with E-state index in [4.69, 9.17) is 4.74 Å². The molecular formula is C10H13NO2. The number of carbonyl (C=O) groups excluding carboxylic acids is 1. The first-order valence-corrected chi connectivity index (χ1v) is 4.40. The van der Waals surface area contributed by atoms with Crippen molar-refractivity contribution in [2.24, 2.45) is 0 Å². The Kier molecular flexibility index (Phi) is 3.43. The van der Waals surface area contributed by atoms with Gasteiger partial charge in [-0.3, -0.25) is 0 Å². The number of aryl methyl sites for hydroxylation is 1. The highest BCUT2D eigenvalue weighted by Gasteiger charge is 2.07. The summed E-state index contributed by atoms with van der Waals surface area (Å²) in [6.45, 7) is 4.20. The average Bonchev–Trinajstić information content (AvgIpc) is 2.18. The monoisotopic (exact) mass is 179 g/mol. The first kappa shape index (κ1) is 9.71. The maximum atomic E-state index is 11.2. The molecule has 1 heterocycles. The number of ether oxygens (including phenoxy) is 1. The van der Waals surface area contributed by atoms with Crippen molar-refractivity contribution < 1.29 is 9.53 Å². The molecule has 0 amide bonds. The van der Waals surface area contributed by atoms with Crippen LogP contribution in [0.5, 0.6) is 0 Å². The first-order chi connectivity index (χ1) is 6.27. The molecule has 0 fully saturated rings. The van der Waals surface area contributed by atoms with E-state index in [1.54, 1.807) is 19.2 Å². The van der Waals surface area contributed by atoms with Crippen LogP contribution in [-0.2, 0) is 11.2 Å². The zero-order valence-electron chi connectivity index (χ0n) is 7.91. The molecule has 1 aromatic rings. The molecule has 0 aromatic carbocycles. The van der Waals surface area contributed by atoms with Gasteiger partial charge in [0, 0.05) is 6.20 Å². The molecule has 0 saturated carbocycles. The van der Waals surface area contributed by atoms with Gasteiger partial charge in [0.1, 0.15) is 5.69 Å². The summed E-state index contributed by atoms with van der Waals surface area (Å²) in [4.78, 5) is 15.2. The predicted molar refractivity (Wildman–Crippen MR) is 49.6 cm³/mol. The lowest BCUT2D eigenvalue weighted by atomic mass is 10.2. The molecule has 1 aromatic heterocycles. The molecule has 0 radical (unpaired) electrons. The lowest BCUT2D eigenvalue weighted by Gasteiger charge is -2.01. The molecule has 0 unspecified atom stereocenters. The Labute approximate surface area is 77.8 Å². The van der Waals surface area contributed by atoms with Gasteiger partial charge in [-0.25, -0.2) is 9.78 Å². The van der Waals surface area contributed by atoms with E-state index >= 15 is 0 Å². The lowest BCUT2D eigenvalue weighted by Crippen LogP contribution is -2.07. The molecule has 3 nitrogen and oxygen atoms in total. The van der Waals surface area contributed by atoms with Crippen molar-refractivity contribution >= 4 is 5.97 Å². The van der Waals surface area contributed by atoms with E-state index in [0.717, 1.165) is 12.0 Å². The number of hydrogen-bond acceptors (Lipinski definition) is 3. The van der Waals surface area contributed by atoms with Gasteiger partial charge in [-0.15, -0.1) is 0 Å². The summed E-state index contributed by atoms with van der Waals surface area (Å²) in [5.41, 5.74) is 1.49. The van der Waals surface area contributed by atoms with Crippen LogP contribution in [0, 0.1) is 0 Å². The molecule has 0 spiro atoms. The molecule has 0 aliphatic carbocycles. The fourth-order valence-electron chi connectivity index (χ4n) is 1.01. The van der Waals surface area contributed by atoms with Crippen molar-refractivity contribution in [3.05, 3.63) is 29.6 Å². The Morgan fingerprint density at radius 1 is 1.54 bits per heavy atom. The van der Waals surface area contributed by atoms with E-state index in [2.05, 4.69) is 4.98 Å². The Morgan fingerprint density at radius 2 is 2.31 bits per heavy atom. The topological polar surface area (TPSA) is 39.2 Å². The summed E-state index contributed by atoms with van der Waals surface area (Å²) in [7, 11) is 0. The average molecular weight is 179 g/mol. The highest BCUT2D eigenvalue weighted by atomic mass is 16.5. The molecule has 0 bridgehead atoms. The quantitative estimate of drug-likeness (QED) is 0.664. The summed E-state index contributed by atoms with van der Waals surface area (Å²) in [6, 6.07) is 3.65. The zero-order chi connectivity index (χ0) is 9.68. The molecule has 0 atom stereocenters. The number of esters is 1. The maximum absolute atomic E-state index is 11.2. The van der Waals surface area contributed by atoms with Gasteiger partial charge in [-0.05, 0) is 31.0 Å². The first-order valence-electron chi connectivity index (χ1n) is 4.40. The van der Waals surface area contributed by atoms with Gasteiger partial charge in [0.15, 0.2) is 0 Å². The third-order valence-electron chi connectivity index (χ3n) is 1.72. The summed E-state index contributed by atoms with van der Waals surface area (Å²) >= 11 is 0. The number of aromatic nitrogens is 1. The Morgan fingerprint density at radius 3 is 2.92 bits per heavy atom. The van der Waals surface area contributed by atoms with Gasteiger partial charge in [-0.2, -0.15) is 0 Å². The van der Waals surface area contributed by atoms with Crippen LogP contribution in [0.25, 0.3) is 0 Å². The largest absolute Gasteiger partial charge is 0.461 e. The Hall–Kier alpha value is -1.38. The second-order valence-corrected chi connectivity index (χ2v) is 2.62. The van der Waals surface area contributed by atoms with Crippen molar-refractivity contribution in [1.29, 1.82) is 0 Å². The van der Waals surface area contributed by atoms with Crippen LogP contribution in [0.2, 0.25) is 0 Å². The molecule has 0 aliphatic rings. The van der Waals surface area contributed by atoms with E-state index in [-0.39, 0.29) is 5.97 Å². The van der Waals surface area contributed by atoms with Crippen LogP contribution >= 0.6 is 0 Å². The van der Waals surface area contributed by atoms with Crippen molar-refractivity contribution in [3.8, 4) is 0 Å². The van der Waals surface area contributed by atoms with Gasteiger partial charge in [0.05, 0.1) is 6.61 Å². The van der Waals surface area contributed by atoms with Crippen molar-refractivity contribution in [2.45, 2.75) is 20.3 Å². The summed E-state index contributed by atoms with van der Waals surface area (Å²) in [5, 5.41) is 0. The number of rotatable bonds is 3. The van der Waals surface area contributed by atoms with E-state index in [0.29, 0.717) is 12.3 Å². The molecule has 0 N–H and O–H groups in total. The van der Waals surface area contributed by atoms with Gasteiger partial charge in [0.2, 0.25) is 0 Å². The molecule has 13 heavy (non-hydrogen) atoms. The maximum Gasteiger partial charge on any atom is 0.356 e. The van der Waals surface area contributed by atoms with Gasteiger partial charge in [-0.1, -0.05) is 6.92 Å². The molecule has 1 rings (SSSR count). The molecule has 0 saturated heterocycles.